The second kappa shape index (κ2) is 13.5. The summed E-state index contributed by atoms with van der Waals surface area (Å²) in [5.74, 6) is 1.69. The van der Waals surface area contributed by atoms with Gasteiger partial charge in [0.15, 0.2) is 0 Å². The van der Waals surface area contributed by atoms with Crippen LogP contribution >= 0.6 is 27.7 Å². The predicted octanol–water partition coefficient (Wildman–Crippen LogP) is 5.41. The molecule has 0 saturated carbocycles. The molecule has 5 nitrogen and oxygen atoms in total. The summed E-state index contributed by atoms with van der Waals surface area (Å²) in [5, 5.41) is 3.04. The Morgan fingerprint density at radius 2 is 1.66 bits per heavy atom. The highest BCUT2D eigenvalue weighted by Gasteiger charge is 2.29. The van der Waals surface area contributed by atoms with E-state index in [2.05, 4.69) is 21.2 Å². The second-order valence-corrected chi connectivity index (χ2v) is 9.63. The molecule has 174 valence electrons. The lowest BCUT2D eigenvalue weighted by molar-refractivity contribution is -0.139. The van der Waals surface area contributed by atoms with Crippen molar-refractivity contribution in [1.29, 1.82) is 0 Å². The maximum atomic E-state index is 13.3. The van der Waals surface area contributed by atoms with Crippen LogP contribution in [0.2, 0.25) is 0 Å². The summed E-state index contributed by atoms with van der Waals surface area (Å²) in [6, 6.07) is 15.3. The SMILES string of the molecule is CC[C@@H](C)NC(=O)[C@@H](CC)N(Cc1ccc(OC)cc1)C(=O)CSCc1ccc(Br)cc1. The molecule has 0 aliphatic rings. The molecule has 0 aliphatic carbocycles. The molecule has 1 N–H and O–H groups in total. The van der Waals surface area contributed by atoms with E-state index in [1.54, 1.807) is 23.8 Å². The summed E-state index contributed by atoms with van der Waals surface area (Å²) >= 11 is 5.01. The van der Waals surface area contributed by atoms with Crippen molar-refractivity contribution in [3.63, 3.8) is 0 Å². The average molecular weight is 522 g/mol. The minimum absolute atomic E-state index is 0.0333. The van der Waals surface area contributed by atoms with Crippen LogP contribution in [-0.2, 0) is 21.9 Å². The number of carbonyl (C=O) groups is 2. The number of methoxy groups -OCH3 is 1. The molecule has 2 amide bonds. The van der Waals surface area contributed by atoms with Gasteiger partial charge in [-0.25, -0.2) is 0 Å². The summed E-state index contributed by atoms with van der Waals surface area (Å²) in [6.07, 6.45) is 1.40. The Bertz CT molecular complexity index is 858. The largest absolute Gasteiger partial charge is 0.497 e. The minimum atomic E-state index is -0.508. The first-order valence-corrected chi connectivity index (χ1v) is 12.9. The number of hydrogen-bond acceptors (Lipinski definition) is 4. The molecule has 0 saturated heterocycles. The normalized spacial score (nSPS) is 12.7. The van der Waals surface area contributed by atoms with Gasteiger partial charge in [-0.1, -0.05) is 54.0 Å². The van der Waals surface area contributed by atoms with Gasteiger partial charge in [0, 0.05) is 22.8 Å². The zero-order valence-corrected chi connectivity index (χ0v) is 21.7. The molecule has 0 heterocycles. The Morgan fingerprint density at radius 1 is 1.03 bits per heavy atom. The van der Waals surface area contributed by atoms with E-state index in [0.717, 1.165) is 33.5 Å². The number of benzene rings is 2. The van der Waals surface area contributed by atoms with E-state index >= 15 is 0 Å². The first kappa shape index (κ1) is 26.3. The van der Waals surface area contributed by atoms with Crippen LogP contribution in [0, 0.1) is 0 Å². The van der Waals surface area contributed by atoms with Crippen LogP contribution < -0.4 is 10.1 Å². The molecule has 32 heavy (non-hydrogen) atoms. The number of amides is 2. The maximum Gasteiger partial charge on any atom is 0.243 e. The summed E-state index contributed by atoms with van der Waals surface area (Å²) < 4.78 is 6.27. The van der Waals surface area contributed by atoms with Gasteiger partial charge in [-0.3, -0.25) is 9.59 Å². The van der Waals surface area contributed by atoms with Crippen LogP contribution in [0.15, 0.2) is 53.0 Å². The van der Waals surface area contributed by atoms with Crippen LogP contribution in [0.5, 0.6) is 5.75 Å². The third-order valence-electron chi connectivity index (χ3n) is 5.31. The predicted molar refractivity (Wildman–Crippen MR) is 136 cm³/mol. The molecular formula is C25H33BrN2O3S. The highest BCUT2D eigenvalue weighted by molar-refractivity contribution is 9.10. The topological polar surface area (TPSA) is 58.6 Å². The molecule has 0 bridgehead atoms. The minimum Gasteiger partial charge on any atom is -0.497 e. The van der Waals surface area contributed by atoms with E-state index in [1.165, 1.54) is 0 Å². The van der Waals surface area contributed by atoms with Gasteiger partial charge in [0.1, 0.15) is 11.8 Å². The number of rotatable bonds is 12. The molecule has 2 aromatic carbocycles. The first-order chi connectivity index (χ1) is 15.4. The van der Waals surface area contributed by atoms with Crippen molar-refractivity contribution in [2.75, 3.05) is 12.9 Å². The second-order valence-electron chi connectivity index (χ2n) is 7.73. The van der Waals surface area contributed by atoms with E-state index in [4.69, 9.17) is 4.74 Å². The Balaban J connectivity index is 2.13. The quantitative estimate of drug-likeness (QED) is 0.406. The zero-order chi connectivity index (χ0) is 23.5. The molecule has 2 aromatic rings. The standard InChI is InChI=1S/C25H33BrN2O3S/c1-5-18(3)27-25(30)23(6-2)28(15-19-9-13-22(31-4)14-10-19)24(29)17-32-16-20-7-11-21(26)12-8-20/h7-14,18,23H,5-6,15-17H2,1-4H3,(H,27,30)/t18-,23-/m1/s1. The fraction of sp³-hybridized carbons (Fsp3) is 0.440. The first-order valence-electron chi connectivity index (χ1n) is 10.9. The molecule has 0 aliphatic heterocycles. The van der Waals surface area contributed by atoms with Gasteiger partial charge < -0.3 is 15.0 Å². The fourth-order valence-corrected chi connectivity index (χ4v) is 4.34. The molecule has 2 rings (SSSR count). The fourth-order valence-electron chi connectivity index (χ4n) is 3.21. The Labute approximate surface area is 204 Å². The summed E-state index contributed by atoms with van der Waals surface area (Å²) in [5.41, 5.74) is 2.13. The van der Waals surface area contributed by atoms with Crippen LogP contribution in [0.25, 0.3) is 0 Å². The van der Waals surface area contributed by atoms with Crippen molar-refractivity contribution in [2.45, 2.75) is 58.0 Å². The zero-order valence-electron chi connectivity index (χ0n) is 19.3. The van der Waals surface area contributed by atoms with Gasteiger partial charge in [0.05, 0.1) is 12.9 Å². The van der Waals surface area contributed by atoms with Gasteiger partial charge in [0.2, 0.25) is 11.8 Å². The molecule has 0 radical (unpaired) electrons. The Hall–Kier alpha value is -1.99. The van der Waals surface area contributed by atoms with Gasteiger partial charge in [-0.15, -0.1) is 11.8 Å². The third kappa shape index (κ3) is 8.17. The van der Waals surface area contributed by atoms with Crippen LogP contribution in [0.1, 0.15) is 44.7 Å². The third-order valence-corrected chi connectivity index (χ3v) is 6.82. The highest BCUT2D eigenvalue weighted by Crippen LogP contribution is 2.20. The van der Waals surface area contributed by atoms with Gasteiger partial charge in [-0.2, -0.15) is 0 Å². The molecule has 7 heteroatoms. The smallest absolute Gasteiger partial charge is 0.243 e. The molecular weight excluding hydrogens is 488 g/mol. The molecule has 0 spiro atoms. The number of halogens is 1. The van der Waals surface area contributed by atoms with Crippen LogP contribution in [0.4, 0.5) is 0 Å². The van der Waals surface area contributed by atoms with E-state index < -0.39 is 6.04 Å². The van der Waals surface area contributed by atoms with Crippen LogP contribution in [-0.4, -0.2) is 41.7 Å². The molecule has 0 aromatic heterocycles. The maximum absolute atomic E-state index is 13.3. The van der Waals surface area contributed by atoms with Gasteiger partial charge in [0.25, 0.3) is 0 Å². The van der Waals surface area contributed by atoms with E-state index in [1.807, 2.05) is 69.3 Å². The Kier molecular flexibility index (Phi) is 11.1. The number of carbonyl (C=O) groups excluding carboxylic acids is 2. The van der Waals surface area contributed by atoms with E-state index in [9.17, 15) is 9.59 Å². The lowest BCUT2D eigenvalue weighted by Gasteiger charge is -2.31. The average Bonchev–Trinajstić information content (AvgIpc) is 2.80. The van der Waals surface area contributed by atoms with Crippen molar-refractivity contribution in [3.05, 3.63) is 64.1 Å². The number of nitrogens with zero attached hydrogens (tertiary/aromatic N) is 1. The Morgan fingerprint density at radius 3 is 2.22 bits per heavy atom. The lowest BCUT2D eigenvalue weighted by atomic mass is 10.1. The van der Waals surface area contributed by atoms with Crippen molar-refractivity contribution < 1.29 is 14.3 Å². The highest BCUT2D eigenvalue weighted by atomic mass is 79.9. The monoisotopic (exact) mass is 520 g/mol. The number of hydrogen-bond donors (Lipinski definition) is 1. The van der Waals surface area contributed by atoms with Gasteiger partial charge in [-0.05, 0) is 55.2 Å². The van der Waals surface area contributed by atoms with Crippen LogP contribution in [0.3, 0.4) is 0 Å². The number of nitrogens with one attached hydrogen (secondary N) is 1. The van der Waals surface area contributed by atoms with Crippen molar-refractivity contribution in [2.24, 2.45) is 0 Å². The summed E-state index contributed by atoms with van der Waals surface area (Å²) in [4.78, 5) is 28.0. The van der Waals surface area contributed by atoms with Crippen molar-refractivity contribution >= 4 is 39.5 Å². The number of thioether (sulfide) groups is 1. The molecule has 2 atom stereocenters. The molecule has 0 unspecified atom stereocenters. The van der Waals surface area contributed by atoms with Crippen molar-refractivity contribution in [3.8, 4) is 5.75 Å². The summed E-state index contributed by atoms with van der Waals surface area (Å²) in [7, 11) is 1.62. The van der Waals surface area contributed by atoms with E-state index in [0.29, 0.717) is 18.7 Å². The van der Waals surface area contributed by atoms with E-state index in [-0.39, 0.29) is 17.9 Å². The summed E-state index contributed by atoms with van der Waals surface area (Å²) in [6.45, 7) is 6.34. The van der Waals surface area contributed by atoms with Gasteiger partial charge >= 0.3 is 0 Å². The molecule has 0 fully saturated rings. The van der Waals surface area contributed by atoms with Crippen molar-refractivity contribution in [1.82, 2.24) is 10.2 Å². The lowest BCUT2D eigenvalue weighted by Crippen LogP contribution is -2.51. The number of ether oxygens (including phenoxy) is 1.